The Kier molecular flexibility index (Phi) is 2.96. The van der Waals surface area contributed by atoms with Gasteiger partial charge in [0.15, 0.2) is 0 Å². The first-order chi connectivity index (χ1) is 9.90. The molecule has 1 aromatic heterocycles. The summed E-state index contributed by atoms with van der Waals surface area (Å²) in [6.07, 6.45) is 5.35. The van der Waals surface area contributed by atoms with Crippen LogP contribution in [0.2, 0.25) is 0 Å². The van der Waals surface area contributed by atoms with Crippen LogP contribution in [-0.2, 0) is 6.42 Å². The van der Waals surface area contributed by atoms with Crippen LogP contribution in [0.3, 0.4) is 0 Å². The van der Waals surface area contributed by atoms with Crippen LogP contribution in [0.15, 0.2) is 24.4 Å². The van der Waals surface area contributed by atoms with Gasteiger partial charge in [-0.2, -0.15) is 0 Å². The highest BCUT2D eigenvalue weighted by atomic mass is 16.5. The number of H-pyrrole nitrogens is 1. The fraction of sp³-hybridized carbons (Fsp3) is 0.438. The minimum absolute atomic E-state index is 0.532. The minimum atomic E-state index is 0.532. The van der Waals surface area contributed by atoms with Crippen LogP contribution in [-0.4, -0.2) is 29.7 Å². The Morgan fingerprint density at radius 3 is 3.20 bits per heavy atom. The van der Waals surface area contributed by atoms with Crippen molar-refractivity contribution in [2.45, 2.75) is 25.2 Å². The Morgan fingerprint density at radius 1 is 1.30 bits per heavy atom. The molecule has 4 rings (SSSR count). The van der Waals surface area contributed by atoms with Gasteiger partial charge in [-0.05, 0) is 49.6 Å². The van der Waals surface area contributed by atoms with E-state index < -0.39 is 0 Å². The topological polar surface area (TPSA) is 49.9 Å². The molecule has 0 amide bonds. The second kappa shape index (κ2) is 4.94. The fourth-order valence-electron chi connectivity index (χ4n) is 3.11. The number of imidazole rings is 1. The Bertz CT molecular complexity index is 614. The maximum Gasteiger partial charge on any atom is 0.122 e. The van der Waals surface area contributed by atoms with Crippen molar-refractivity contribution in [3.63, 3.8) is 0 Å². The first-order valence-corrected chi connectivity index (χ1v) is 7.42. The molecule has 1 unspecified atom stereocenters. The number of aryl methyl sites for hydroxylation is 1. The lowest BCUT2D eigenvalue weighted by atomic mass is 10.0. The minimum Gasteiger partial charge on any atom is -0.493 e. The van der Waals surface area contributed by atoms with Crippen LogP contribution in [0.25, 0.3) is 11.3 Å². The predicted octanol–water partition coefficient (Wildman–Crippen LogP) is 2.48. The van der Waals surface area contributed by atoms with Gasteiger partial charge in [0.25, 0.3) is 0 Å². The second-order valence-corrected chi connectivity index (χ2v) is 5.65. The van der Waals surface area contributed by atoms with Gasteiger partial charge in [0.1, 0.15) is 11.6 Å². The molecule has 2 aliphatic heterocycles. The van der Waals surface area contributed by atoms with Gasteiger partial charge in [-0.3, -0.25) is 0 Å². The van der Waals surface area contributed by atoms with Crippen LogP contribution in [0.5, 0.6) is 5.75 Å². The van der Waals surface area contributed by atoms with Crippen LogP contribution < -0.4 is 10.1 Å². The summed E-state index contributed by atoms with van der Waals surface area (Å²) in [5.74, 6) is 2.68. The molecule has 4 nitrogen and oxygen atoms in total. The zero-order valence-corrected chi connectivity index (χ0v) is 11.5. The summed E-state index contributed by atoms with van der Waals surface area (Å²) in [5.41, 5.74) is 3.63. The number of nitrogens with zero attached hydrogens (tertiary/aromatic N) is 1. The van der Waals surface area contributed by atoms with Crippen molar-refractivity contribution in [2.24, 2.45) is 0 Å². The van der Waals surface area contributed by atoms with E-state index >= 15 is 0 Å². The molecule has 1 aromatic carbocycles. The highest BCUT2D eigenvalue weighted by molar-refractivity contribution is 5.62. The lowest BCUT2D eigenvalue weighted by Gasteiger charge is -2.17. The summed E-state index contributed by atoms with van der Waals surface area (Å²) in [6, 6.07) is 6.44. The summed E-state index contributed by atoms with van der Waals surface area (Å²) in [4.78, 5) is 8.05. The van der Waals surface area contributed by atoms with Gasteiger partial charge in [0.05, 0.1) is 18.5 Å². The molecule has 2 aliphatic rings. The molecule has 0 spiro atoms. The highest BCUT2D eigenvalue weighted by Gasteiger charge is 2.20. The van der Waals surface area contributed by atoms with Gasteiger partial charge in [0.2, 0.25) is 0 Å². The van der Waals surface area contributed by atoms with E-state index in [0.717, 1.165) is 49.8 Å². The molecule has 0 aliphatic carbocycles. The lowest BCUT2D eigenvalue weighted by Crippen LogP contribution is -2.08. The Labute approximate surface area is 118 Å². The number of hydrogen-bond acceptors (Lipinski definition) is 3. The molecule has 2 aromatic rings. The quantitative estimate of drug-likeness (QED) is 0.880. The number of nitrogens with one attached hydrogen (secondary N) is 2. The number of rotatable bonds is 2. The second-order valence-electron chi connectivity index (χ2n) is 5.65. The third-order valence-corrected chi connectivity index (χ3v) is 4.26. The molecule has 104 valence electrons. The zero-order chi connectivity index (χ0) is 13.4. The molecule has 1 saturated heterocycles. The number of hydrogen-bond donors (Lipinski definition) is 2. The fourth-order valence-corrected chi connectivity index (χ4v) is 3.11. The summed E-state index contributed by atoms with van der Waals surface area (Å²) < 4.78 is 5.67. The van der Waals surface area contributed by atoms with E-state index in [-0.39, 0.29) is 0 Å². The molecular weight excluding hydrogens is 250 g/mol. The van der Waals surface area contributed by atoms with E-state index in [1.54, 1.807) is 0 Å². The van der Waals surface area contributed by atoms with E-state index in [2.05, 4.69) is 33.5 Å². The van der Waals surface area contributed by atoms with Crippen molar-refractivity contribution in [3.05, 3.63) is 35.8 Å². The van der Waals surface area contributed by atoms with Crippen molar-refractivity contribution in [1.29, 1.82) is 0 Å². The maximum absolute atomic E-state index is 5.67. The monoisotopic (exact) mass is 269 g/mol. The van der Waals surface area contributed by atoms with Crippen molar-refractivity contribution >= 4 is 0 Å². The molecule has 4 heteroatoms. The van der Waals surface area contributed by atoms with Crippen LogP contribution in [0.1, 0.15) is 30.1 Å². The molecule has 0 radical (unpaired) electrons. The Hall–Kier alpha value is -1.81. The van der Waals surface area contributed by atoms with Gasteiger partial charge < -0.3 is 15.0 Å². The predicted molar refractivity (Wildman–Crippen MR) is 78.1 cm³/mol. The summed E-state index contributed by atoms with van der Waals surface area (Å²) in [5, 5.41) is 3.38. The maximum atomic E-state index is 5.67. The molecule has 2 N–H and O–H groups in total. The van der Waals surface area contributed by atoms with Gasteiger partial charge >= 0.3 is 0 Å². The lowest BCUT2D eigenvalue weighted by molar-refractivity contribution is 0.288. The van der Waals surface area contributed by atoms with Crippen molar-refractivity contribution < 1.29 is 4.74 Å². The van der Waals surface area contributed by atoms with Gasteiger partial charge in [-0.25, -0.2) is 4.98 Å². The standard InChI is InChI=1S/C16H19N3O/c1-2-12-8-11(3-4-15(12)20-7-1)14-10-18-16(19-14)13-5-6-17-9-13/h3-4,8,10,13,17H,1-2,5-7,9H2,(H,18,19). The first-order valence-electron chi connectivity index (χ1n) is 7.42. The zero-order valence-electron chi connectivity index (χ0n) is 11.5. The van der Waals surface area contributed by atoms with Gasteiger partial charge in [0, 0.05) is 18.0 Å². The van der Waals surface area contributed by atoms with E-state index in [1.165, 1.54) is 17.5 Å². The summed E-state index contributed by atoms with van der Waals surface area (Å²) >= 11 is 0. The van der Waals surface area contributed by atoms with Crippen LogP contribution in [0, 0.1) is 0 Å². The van der Waals surface area contributed by atoms with Crippen molar-refractivity contribution in [3.8, 4) is 17.0 Å². The van der Waals surface area contributed by atoms with E-state index in [1.807, 2.05) is 6.20 Å². The van der Waals surface area contributed by atoms with Crippen LogP contribution >= 0.6 is 0 Å². The number of fused-ring (bicyclic) bond motifs is 1. The van der Waals surface area contributed by atoms with Crippen LogP contribution in [0.4, 0.5) is 0 Å². The molecule has 0 bridgehead atoms. The van der Waals surface area contributed by atoms with Crippen molar-refractivity contribution in [1.82, 2.24) is 15.3 Å². The van der Waals surface area contributed by atoms with Gasteiger partial charge in [-0.1, -0.05) is 0 Å². The number of aromatic amines is 1. The van der Waals surface area contributed by atoms with E-state index in [0.29, 0.717) is 5.92 Å². The number of benzene rings is 1. The average molecular weight is 269 g/mol. The number of ether oxygens (including phenoxy) is 1. The third-order valence-electron chi connectivity index (χ3n) is 4.26. The van der Waals surface area contributed by atoms with E-state index in [9.17, 15) is 0 Å². The molecule has 20 heavy (non-hydrogen) atoms. The van der Waals surface area contributed by atoms with E-state index in [4.69, 9.17) is 4.74 Å². The molecular formula is C16H19N3O. The largest absolute Gasteiger partial charge is 0.493 e. The SMILES string of the molecule is c1cc2c(cc1-c1cnc(C3CCNC3)[nH]1)CCCO2. The summed E-state index contributed by atoms with van der Waals surface area (Å²) in [7, 11) is 0. The molecule has 0 saturated carbocycles. The normalized spacial score (nSPS) is 21.5. The molecule has 1 fully saturated rings. The highest BCUT2D eigenvalue weighted by Crippen LogP contribution is 2.30. The Balaban J connectivity index is 1.63. The smallest absolute Gasteiger partial charge is 0.122 e. The third kappa shape index (κ3) is 2.10. The molecule has 3 heterocycles. The van der Waals surface area contributed by atoms with Gasteiger partial charge in [-0.15, -0.1) is 0 Å². The summed E-state index contributed by atoms with van der Waals surface area (Å²) in [6.45, 7) is 2.97. The van der Waals surface area contributed by atoms with Crippen molar-refractivity contribution in [2.75, 3.05) is 19.7 Å². The Morgan fingerprint density at radius 2 is 2.30 bits per heavy atom. The number of aromatic nitrogens is 2. The first kappa shape index (κ1) is 12.0. The average Bonchev–Trinajstić information content (AvgIpc) is 3.17. The molecule has 1 atom stereocenters.